The second kappa shape index (κ2) is 5.64. The molecule has 0 unspecified atom stereocenters. The van der Waals surface area contributed by atoms with Crippen molar-refractivity contribution < 1.29 is 9.85 Å². The summed E-state index contributed by atoms with van der Waals surface area (Å²) in [6, 6.07) is 3.56. The Bertz CT molecular complexity index is 462. The van der Waals surface area contributed by atoms with Gasteiger partial charge in [-0.1, -0.05) is 20.8 Å². The Morgan fingerprint density at radius 3 is 1.89 bits per heavy atom. The molecule has 0 bridgehead atoms. The van der Waals surface area contributed by atoms with Gasteiger partial charge in [-0.3, -0.25) is 20.2 Å². The Labute approximate surface area is 110 Å². The molecule has 0 saturated carbocycles. The predicted molar refractivity (Wildman–Crippen MR) is 72.3 cm³/mol. The van der Waals surface area contributed by atoms with E-state index in [1.165, 1.54) is 12.1 Å². The van der Waals surface area contributed by atoms with Crippen molar-refractivity contribution in [3.05, 3.63) is 38.4 Å². The minimum Gasteiger partial charge on any atom is -0.385 e. The molecule has 0 aliphatic rings. The molecule has 7 heteroatoms. The summed E-state index contributed by atoms with van der Waals surface area (Å²) in [5.41, 5.74) is -0.0512. The first kappa shape index (κ1) is 14.9. The first-order valence-corrected chi connectivity index (χ1v) is 5.87. The molecule has 0 aliphatic carbocycles. The van der Waals surface area contributed by atoms with E-state index in [-0.39, 0.29) is 16.8 Å². The van der Waals surface area contributed by atoms with Crippen LogP contribution in [-0.4, -0.2) is 16.4 Å². The zero-order valence-electron chi connectivity index (χ0n) is 11.2. The normalized spacial score (nSPS) is 11.1. The third kappa shape index (κ3) is 4.90. The fourth-order valence-electron chi connectivity index (χ4n) is 1.49. The lowest BCUT2D eigenvalue weighted by Gasteiger charge is -2.18. The van der Waals surface area contributed by atoms with Gasteiger partial charge in [0, 0.05) is 24.4 Å². The van der Waals surface area contributed by atoms with Crippen LogP contribution in [0.3, 0.4) is 0 Å². The molecular formula is C12H17N3O4. The summed E-state index contributed by atoms with van der Waals surface area (Å²) in [6.07, 6.45) is 0.851. The van der Waals surface area contributed by atoms with Gasteiger partial charge in [-0.15, -0.1) is 0 Å². The van der Waals surface area contributed by atoms with E-state index < -0.39 is 9.85 Å². The Morgan fingerprint density at radius 1 is 1.05 bits per heavy atom. The zero-order chi connectivity index (χ0) is 14.6. The van der Waals surface area contributed by atoms with E-state index >= 15 is 0 Å². The van der Waals surface area contributed by atoms with Gasteiger partial charge in [-0.2, -0.15) is 0 Å². The van der Waals surface area contributed by atoms with Crippen LogP contribution >= 0.6 is 0 Å². The van der Waals surface area contributed by atoms with Gasteiger partial charge in [-0.05, 0) is 11.8 Å². The van der Waals surface area contributed by atoms with E-state index in [2.05, 4.69) is 26.1 Å². The van der Waals surface area contributed by atoms with Crippen molar-refractivity contribution in [3.8, 4) is 0 Å². The molecule has 19 heavy (non-hydrogen) atoms. The molecule has 0 fully saturated rings. The maximum atomic E-state index is 10.7. The number of benzene rings is 1. The molecule has 0 radical (unpaired) electrons. The average molecular weight is 267 g/mol. The maximum Gasteiger partial charge on any atom is 0.278 e. The number of anilines is 1. The fraction of sp³-hybridized carbons (Fsp3) is 0.500. The summed E-state index contributed by atoms with van der Waals surface area (Å²) in [7, 11) is 0. The highest BCUT2D eigenvalue weighted by molar-refractivity contribution is 5.58. The molecule has 0 spiro atoms. The van der Waals surface area contributed by atoms with Crippen LogP contribution in [0.25, 0.3) is 0 Å². The van der Waals surface area contributed by atoms with Crippen LogP contribution in [0.2, 0.25) is 0 Å². The molecule has 0 aliphatic heterocycles. The largest absolute Gasteiger partial charge is 0.385 e. The van der Waals surface area contributed by atoms with Crippen LogP contribution in [0.1, 0.15) is 27.2 Å². The van der Waals surface area contributed by atoms with Crippen molar-refractivity contribution in [2.45, 2.75) is 27.2 Å². The number of rotatable bonds is 5. The van der Waals surface area contributed by atoms with Crippen molar-refractivity contribution >= 4 is 17.1 Å². The molecule has 1 aromatic rings. The molecule has 1 rings (SSSR count). The molecular weight excluding hydrogens is 250 g/mol. The number of nitrogens with zero attached hydrogens (tertiary/aromatic N) is 2. The van der Waals surface area contributed by atoms with E-state index in [1.807, 2.05) is 0 Å². The van der Waals surface area contributed by atoms with Crippen LogP contribution in [-0.2, 0) is 0 Å². The fourth-order valence-corrected chi connectivity index (χ4v) is 1.49. The van der Waals surface area contributed by atoms with E-state index in [0.29, 0.717) is 12.2 Å². The second-order valence-electron chi connectivity index (χ2n) is 5.49. The van der Waals surface area contributed by atoms with Crippen LogP contribution in [0.4, 0.5) is 17.1 Å². The van der Waals surface area contributed by atoms with Crippen molar-refractivity contribution in [1.29, 1.82) is 0 Å². The third-order valence-corrected chi connectivity index (χ3v) is 2.53. The van der Waals surface area contributed by atoms with E-state index in [0.717, 1.165) is 12.5 Å². The van der Waals surface area contributed by atoms with Crippen molar-refractivity contribution in [2.24, 2.45) is 5.41 Å². The topological polar surface area (TPSA) is 98.3 Å². The Morgan fingerprint density at radius 2 is 1.53 bits per heavy atom. The van der Waals surface area contributed by atoms with Crippen LogP contribution in [0, 0.1) is 25.6 Å². The number of nitro groups is 2. The highest BCUT2D eigenvalue weighted by atomic mass is 16.6. The predicted octanol–water partition coefficient (Wildman–Crippen LogP) is 3.35. The van der Waals surface area contributed by atoms with Crippen molar-refractivity contribution in [2.75, 3.05) is 11.9 Å². The molecule has 1 N–H and O–H groups in total. The monoisotopic (exact) mass is 267 g/mol. The van der Waals surface area contributed by atoms with Crippen molar-refractivity contribution in [3.63, 3.8) is 0 Å². The van der Waals surface area contributed by atoms with Gasteiger partial charge in [0.15, 0.2) is 0 Å². The van der Waals surface area contributed by atoms with E-state index in [1.54, 1.807) is 0 Å². The van der Waals surface area contributed by atoms with E-state index in [9.17, 15) is 20.2 Å². The lowest BCUT2D eigenvalue weighted by Crippen LogP contribution is -2.13. The minimum atomic E-state index is -0.637. The number of hydrogen-bond acceptors (Lipinski definition) is 5. The number of non-ortho nitro benzene ring substituents is 2. The zero-order valence-corrected chi connectivity index (χ0v) is 11.2. The molecule has 1 aromatic carbocycles. The smallest absolute Gasteiger partial charge is 0.278 e. The number of hydrogen-bond donors (Lipinski definition) is 1. The van der Waals surface area contributed by atoms with Gasteiger partial charge >= 0.3 is 0 Å². The highest BCUT2D eigenvalue weighted by Gasteiger charge is 2.16. The summed E-state index contributed by atoms with van der Waals surface area (Å²) in [6.45, 7) is 6.82. The quantitative estimate of drug-likeness (QED) is 0.651. The molecule has 104 valence electrons. The van der Waals surface area contributed by atoms with E-state index in [4.69, 9.17) is 0 Å². The molecule has 0 amide bonds. The van der Waals surface area contributed by atoms with Crippen LogP contribution in [0.5, 0.6) is 0 Å². The van der Waals surface area contributed by atoms with Crippen LogP contribution in [0.15, 0.2) is 18.2 Å². The van der Waals surface area contributed by atoms with Crippen molar-refractivity contribution in [1.82, 2.24) is 0 Å². The maximum absolute atomic E-state index is 10.7. The first-order valence-electron chi connectivity index (χ1n) is 5.87. The Balaban J connectivity index is 2.88. The summed E-state index contributed by atoms with van der Waals surface area (Å²) in [5, 5.41) is 24.4. The standard InChI is InChI=1S/C12H17N3O4/c1-12(2,3)4-5-13-9-6-10(14(16)17)8-11(7-9)15(18)19/h6-8,13H,4-5H2,1-3H3. The van der Waals surface area contributed by atoms with Gasteiger partial charge in [0.25, 0.3) is 11.4 Å². The lowest BCUT2D eigenvalue weighted by atomic mass is 9.92. The summed E-state index contributed by atoms with van der Waals surface area (Å²) in [4.78, 5) is 20.2. The SMILES string of the molecule is CC(C)(C)CCNc1cc([N+](=O)[O-])cc([N+](=O)[O-])c1. The van der Waals surface area contributed by atoms with Crippen LogP contribution < -0.4 is 5.32 Å². The second-order valence-corrected chi connectivity index (χ2v) is 5.49. The number of nitro benzene ring substituents is 2. The first-order chi connectivity index (χ1) is 8.69. The Kier molecular flexibility index (Phi) is 4.42. The summed E-state index contributed by atoms with van der Waals surface area (Å²) in [5.74, 6) is 0. The molecule has 0 saturated heterocycles. The number of nitrogens with one attached hydrogen (secondary N) is 1. The lowest BCUT2D eigenvalue weighted by molar-refractivity contribution is -0.394. The van der Waals surface area contributed by atoms with Gasteiger partial charge in [0.05, 0.1) is 15.9 Å². The summed E-state index contributed by atoms with van der Waals surface area (Å²) >= 11 is 0. The molecule has 0 atom stereocenters. The molecule has 0 aromatic heterocycles. The Hall–Kier alpha value is -2.18. The third-order valence-electron chi connectivity index (χ3n) is 2.53. The minimum absolute atomic E-state index is 0.125. The highest BCUT2D eigenvalue weighted by Crippen LogP contribution is 2.26. The molecule has 0 heterocycles. The summed E-state index contributed by atoms with van der Waals surface area (Å²) < 4.78 is 0. The van der Waals surface area contributed by atoms with Gasteiger partial charge in [0.2, 0.25) is 0 Å². The average Bonchev–Trinajstić information content (AvgIpc) is 2.26. The van der Waals surface area contributed by atoms with Gasteiger partial charge in [0.1, 0.15) is 0 Å². The van der Waals surface area contributed by atoms with Gasteiger partial charge in [-0.25, -0.2) is 0 Å². The van der Waals surface area contributed by atoms with Gasteiger partial charge < -0.3 is 5.32 Å². The molecule has 7 nitrogen and oxygen atoms in total.